The molecule has 0 bridgehead atoms. The molecule has 0 saturated carbocycles. The molecule has 98 valence electrons. The van der Waals surface area contributed by atoms with Gasteiger partial charge < -0.3 is 14.8 Å². The van der Waals surface area contributed by atoms with Gasteiger partial charge in [0.25, 0.3) is 0 Å². The minimum absolute atomic E-state index is 0.0117. The van der Waals surface area contributed by atoms with Crippen LogP contribution in [0, 0.1) is 11.3 Å². The Kier molecular flexibility index (Phi) is 4.11. The SMILES string of the molecule is CC(CC(O)c1ccco1)Nc1ccc(C#N)nn1. The molecule has 6 heteroatoms. The van der Waals surface area contributed by atoms with Gasteiger partial charge in [0, 0.05) is 12.5 Å². The van der Waals surface area contributed by atoms with Crippen LogP contribution in [0.3, 0.4) is 0 Å². The van der Waals surface area contributed by atoms with Crippen molar-refractivity contribution in [2.24, 2.45) is 0 Å². The summed E-state index contributed by atoms with van der Waals surface area (Å²) in [4.78, 5) is 0. The van der Waals surface area contributed by atoms with Crippen LogP contribution in [0.15, 0.2) is 34.9 Å². The number of nitriles is 1. The van der Waals surface area contributed by atoms with Gasteiger partial charge in [-0.3, -0.25) is 0 Å². The first-order valence-electron chi connectivity index (χ1n) is 5.91. The van der Waals surface area contributed by atoms with Crippen molar-refractivity contribution in [2.45, 2.75) is 25.5 Å². The highest BCUT2D eigenvalue weighted by molar-refractivity contribution is 5.36. The molecule has 0 aliphatic carbocycles. The van der Waals surface area contributed by atoms with E-state index in [0.29, 0.717) is 18.0 Å². The first kappa shape index (κ1) is 13.1. The fraction of sp³-hybridized carbons (Fsp3) is 0.308. The molecular weight excluding hydrogens is 244 g/mol. The van der Waals surface area contributed by atoms with E-state index in [4.69, 9.17) is 9.68 Å². The highest BCUT2D eigenvalue weighted by atomic mass is 16.4. The van der Waals surface area contributed by atoms with E-state index < -0.39 is 6.10 Å². The summed E-state index contributed by atoms with van der Waals surface area (Å²) in [5, 5.41) is 29.2. The number of hydrogen-bond acceptors (Lipinski definition) is 6. The Balaban J connectivity index is 1.90. The standard InChI is InChI=1S/C13H14N4O2/c1-9(7-11(18)12-3-2-6-19-12)15-13-5-4-10(8-14)16-17-13/h2-6,9,11,18H,7H2,1H3,(H,15,17). The number of furan rings is 1. The zero-order valence-electron chi connectivity index (χ0n) is 10.4. The third-order valence-electron chi connectivity index (χ3n) is 2.62. The van der Waals surface area contributed by atoms with Gasteiger partial charge in [0.05, 0.1) is 6.26 Å². The summed E-state index contributed by atoms with van der Waals surface area (Å²) in [5.41, 5.74) is 0.272. The fourth-order valence-electron chi connectivity index (χ4n) is 1.71. The predicted molar refractivity (Wildman–Crippen MR) is 68.1 cm³/mol. The molecule has 0 aliphatic rings. The molecule has 0 spiro atoms. The minimum atomic E-state index is -0.663. The zero-order valence-corrected chi connectivity index (χ0v) is 10.4. The largest absolute Gasteiger partial charge is 0.467 e. The Morgan fingerprint density at radius 2 is 2.26 bits per heavy atom. The van der Waals surface area contributed by atoms with E-state index in [1.807, 2.05) is 13.0 Å². The van der Waals surface area contributed by atoms with Crippen molar-refractivity contribution >= 4 is 5.82 Å². The van der Waals surface area contributed by atoms with E-state index in [-0.39, 0.29) is 11.7 Å². The second-order valence-corrected chi connectivity index (χ2v) is 4.23. The van der Waals surface area contributed by atoms with Gasteiger partial charge in [0.2, 0.25) is 0 Å². The Bertz CT molecular complexity index is 545. The van der Waals surface area contributed by atoms with E-state index in [1.165, 1.54) is 6.26 Å². The maximum Gasteiger partial charge on any atom is 0.163 e. The van der Waals surface area contributed by atoms with Gasteiger partial charge in [-0.1, -0.05) is 0 Å². The molecule has 0 radical (unpaired) electrons. The molecule has 0 saturated heterocycles. The van der Waals surface area contributed by atoms with Gasteiger partial charge in [0.15, 0.2) is 5.69 Å². The Morgan fingerprint density at radius 3 is 2.84 bits per heavy atom. The van der Waals surface area contributed by atoms with Crippen LogP contribution in [-0.2, 0) is 0 Å². The van der Waals surface area contributed by atoms with Crippen molar-refractivity contribution in [3.8, 4) is 6.07 Å². The van der Waals surface area contributed by atoms with Crippen LogP contribution < -0.4 is 5.32 Å². The fourth-order valence-corrected chi connectivity index (χ4v) is 1.71. The highest BCUT2D eigenvalue weighted by Crippen LogP contribution is 2.19. The summed E-state index contributed by atoms with van der Waals surface area (Å²) < 4.78 is 5.13. The topological polar surface area (TPSA) is 95.0 Å². The summed E-state index contributed by atoms with van der Waals surface area (Å²) in [6.45, 7) is 1.92. The second-order valence-electron chi connectivity index (χ2n) is 4.23. The molecule has 2 heterocycles. The van der Waals surface area contributed by atoms with Crippen LogP contribution in [0.25, 0.3) is 0 Å². The van der Waals surface area contributed by atoms with Gasteiger partial charge in [-0.2, -0.15) is 5.26 Å². The number of nitrogens with zero attached hydrogens (tertiary/aromatic N) is 3. The van der Waals surface area contributed by atoms with Crippen LogP contribution in [0.1, 0.15) is 30.9 Å². The van der Waals surface area contributed by atoms with Crippen molar-refractivity contribution in [1.82, 2.24) is 10.2 Å². The first-order chi connectivity index (χ1) is 9.19. The molecule has 0 aromatic carbocycles. The van der Waals surface area contributed by atoms with E-state index in [9.17, 15) is 5.11 Å². The minimum Gasteiger partial charge on any atom is -0.467 e. The van der Waals surface area contributed by atoms with Gasteiger partial charge in [-0.05, 0) is 31.2 Å². The normalized spacial score (nSPS) is 13.5. The quantitative estimate of drug-likeness (QED) is 0.850. The molecular formula is C13H14N4O2. The number of aromatic nitrogens is 2. The molecule has 0 fully saturated rings. The van der Waals surface area contributed by atoms with Crippen LogP contribution in [-0.4, -0.2) is 21.3 Å². The monoisotopic (exact) mass is 258 g/mol. The van der Waals surface area contributed by atoms with Crippen LogP contribution >= 0.6 is 0 Å². The third kappa shape index (κ3) is 3.53. The van der Waals surface area contributed by atoms with Gasteiger partial charge >= 0.3 is 0 Å². The summed E-state index contributed by atoms with van der Waals surface area (Å²) in [6, 6.07) is 8.64. The van der Waals surface area contributed by atoms with Crippen LogP contribution in [0.2, 0.25) is 0 Å². The van der Waals surface area contributed by atoms with Crippen LogP contribution in [0.4, 0.5) is 5.82 Å². The van der Waals surface area contributed by atoms with E-state index >= 15 is 0 Å². The average molecular weight is 258 g/mol. The molecule has 0 amide bonds. The highest BCUT2D eigenvalue weighted by Gasteiger charge is 2.15. The number of anilines is 1. The van der Waals surface area contributed by atoms with E-state index in [1.54, 1.807) is 24.3 Å². The maximum atomic E-state index is 9.93. The zero-order chi connectivity index (χ0) is 13.7. The lowest BCUT2D eigenvalue weighted by Crippen LogP contribution is -2.19. The number of hydrogen-bond donors (Lipinski definition) is 2. The molecule has 2 atom stereocenters. The summed E-state index contributed by atoms with van der Waals surface area (Å²) in [7, 11) is 0. The molecule has 2 N–H and O–H groups in total. The van der Waals surface area contributed by atoms with Crippen LogP contribution in [0.5, 0.6) is 0 Å². The summed E-state index contributed by atoms with van der Waals surface area (Å²) >= 11 is 0. The summed E-state index contributed by atoms with van der Waals surface area (Å²) in [6.07, 6.45) is 1.35. The number of rotatable bonds is 5. The average Bonchev–Trinajstić information content (AvgIpc) is 2.93. The third-order valence-corrected chi connectivity index (χ3v) is 2.62. The predicted octanol–water partition coefficient (Wildman–Crippen LogP) is 1.87. The lowest BCUT2D eigenvalue weighted by atomic mass is 10.1. The van der Waals surface area contributed by atoms with Gasteiger partial charge in [-0.25, -0.2) is 0 Å². The Morgan fingerprint density at radius 1 is 1.42 bits per heavy atom. The Labute approximate surface area is 110 Å². The number of aliphatic hydroxyl groups is 1. The van der Waals surface area contributed by atoms with E-state index in [0.717, 1.165) is 0 Å². The number of nitrogens with one attached hydrogen (secondary N) is 1. The number of aliphatic hydroxyl groups excluding tert-OH is 1. The van der Waals surface area contributed by atoms with Crippen molar-refractivity contribution < 1.29 is 9.52 Å². The maximum absolute atomic E-state index is 9.93. The smallest absolute Gasteiger partial charge is 0.163 e. The molecule has 2 rings (SSSR count). The molecule has 6 nitrogen and oxygen atoms in total. The van der Waals surface area contributed by atoms with Crippen molar-refractivity contribution in [2.75, 3.05) is 5.32 Å². The van der Waals surface area contributed by atoms with Crippen molar-refractivity contribution in [3.05, 3.63) is 42.0 Å². The molecule has 2 unspecified atom stereocenters. The van der Waals surface area contributed by atoms with Gasteiger partial charge in [-0.15, -0.1) is 10.2 Å². The molecule has 0 aliphatic heterocycles. The van der Waals surface area contributed by atoms with Crippen molar-refractivity contribution in [1.29, 1.82) is 5.26 Å². The lowest BCUT2D eigenvalue weighted by molar-refractivity contribution is 0.136. The Hall–Kier alpha value is -2.39. The van der Waals surface area contributed by atoms with Crippen molar-refractivity contribution in [3.63, 3.8) is 0 Å². The lowest BCUT2D eigenvalue weighted by Gasteiger charge is -2.16. The van der Waals surface area contributed by atoms with Gasteiger partial charge in [0.1, 0.15) is 23.8 Å². The van der Waals surface area contributed by atoms with E-state index in [2.05, 4.69) is 15.5 Å². The molecule has 2 aromatic heterocycles. The molecule has 19 heavy (non-hydrogen) atoms. The molecule has 2 aromatic rings. The summed E-state index contributed by atoms with van der Waals surface area (Å²) in [5.74, 6) is 1.11. The first-order valence-corrected chi connectivity index (χ1v) is 5.91. The second kappa shape index (κ2) is 5.98.